The number of hydrogen-bond donors (Lipinski definition) is 1. The number of carbonyl (C=O) groups is 1. The number of aryl methyl sites for hydroxylation is 3. The number of ketones is 1. The molecule has 0 amide bonds. The lowest BCUT2D eigenvalue weighted by atomic mass is 10.0. The number of benzene rings is 1. The van der Waals surface area contributed by atoms with E-state index in [4.69, 9.17) is 10.1 Å². The fraction of sp³-hybridized carbons (Fsp3) is 0.375. The van der Waals surface area contributed by atoms with E-state index >= 15 is 0 Å². The van der Waals surface area contributed by atoms with Crippen molar-refractivity contribution < 1.29 is 4.79 Å². The van der Waals surface area contributed by atoms with Crippen LogP contribution in [-0.4, -0.2) is 51.5 Å². The van der Waals surface area contributed by atoms with Crippen molar-refractivity contribution in [2.24, 2.45) is 0 Å². The number of nitrogens with one attached hydrogen (secondary N) is 1. The summed E-state index contributed by atoms with van der Waals surface area (Å²) in [5.74, 6) is 0.0400. The summed E-state index contributed by atoms with van der Waals surface area (Å²) in [4.78, 5) is 19.4. The molecule has 6 nitrogen and oxygen atoms in total. The van der Waals surface area contributed by atoms with Gasteiger partial charge in [-0.2, -0.15) is 5.10 Å². The van der Waals surface area contributed by atoms with Crippen molar-refractivity contribution in [2.45, 2.75) is 33.6 Å². The highest BCUT2D eigenvalue weighted by molar-refractivity contribution is 6.04. The number of carbonyl (C=O) groups excluding carboxylic acids is 1. The Morgan fingerprint density at radius 1 is 1.16 bits per heavy atom. The van der Waals surface area contributed by atoms with Crippen LogP contribution in [0.3, 0.4) is 0 Å². The Morgan fingerprint density at radius 2 is 1.87 bits per heavy atom. The normalized spacial score (nSPS) is 14.2. The van der Waals surface area contributed by atoms with Gasteiger partial charge in [0.05, 0.1) is 5.69 Å². The average Bonchev–Trinajstić information content (AvgIpc) is 3.11. The zero-order valence-electron chi connectivity index (χ0n) is 18.4. The Hall–Kier alpha value is -2.70. The SMILES string of the molecule is CCc1nn2c(C)cc(C)nc2c1Cc1ccc(C(=O)/C=C/N2CCNCC2)cc1.Cl. The van der Waals surface area contributed by atoms with Gasteiger partial charge in [0.1, 0.15) is 0 Å². The van der Waals surface area contributed by atoms with E-state index in [1.54, 1.807) is 6.08 Å². The summed E-state index contributed by atoms with van der Waals surface area (Å²) in [5, 5.41) is 8.08. The molecule has 2 aromatic heterocycles. The number of nitrogens with zero attached hydrogens (tertiary/aromatic N) is 4. The van der Waals surface area contributed by atoms with Gasteiger partial charge in [-0.25, -0.2) is 9.50 Å². The van der Waals surface area contributed by atoms with Gasteiger partial charge in [0.25, 0.3) is 0 Å². The number of aromatic nitrogens is 3. The van der Waals surface area contributed by atoms with Crippen LogP contribution in [0.2, 0.25) is 0 Å². The van der Waals surface area contributed by atoms with Gasteiger partial charge < -0.3 is 10.2 Å². The van der Waals surface area contributed by atoms with E-state index in [1.807, 2.05) is 41.9 Å². The van der Waals surface area contributed by atoms with Crippen LogP contribution in [0.15, 0.2) is 42.6 Å². The van der Waals surface area contributed by atoms with Gasteiger partial charge in [0.2, 0.25) is 0 Å². The highest BCUT2D eigenvalue weighted by Crippen LogP contribution is 2.21. The third kappa shape index (κ3) is 5.14. The second kappa shape index (κ2) is 10.1. The molecule has 0 radical (unpaired) electrons. The first kappa shape index (κ1) is 23.0. The van der Waals surface area contributed by atoms with Crippen LogP contribution in [0.4, 0.5) is 0 Å². The molecule has 1 aliphatic rings. The van der Waals surface area contributed by atoms with Gasteiger partial charge in [-0.05, 0) is 31.9 Å². The summed E-state index contributed by atoms with van der Waals surface area (Å²) < 4.78 is 1.94. The fourth-order valence-electron chi connectivity index (χ4n) is 3.97. The number of piperazine rings is 1. The van der Waals surface area contributed by atoms with Crippen LogP contribution in [-0.2, 0) is 12.8 Å². The van der Waals surface area contributed by atoms with Gasteiger partial charge in [-0.15, -0.1) is 12.4 Å². The lowest BCUT2D eigenvalue weighted by Crippen LogP contribution is -2.40. The molecule has 4 rings (SSSR count). The minimum Gasteiger partial charge on any atom is -0.375 e. The molecule has 1 aromatic carbocycles. The molecule has 1 saturated heterocycles. The average molecular weight is 440 g/mol. The molecule has 0 bridgehead atoms. The first-order chi connectivity index (χ1) is 14.5. The maximum absolute atomic E-state index is 12.5. The van der Waals surface area contributed by atoms with Crippen molar-refractivity contribution in [3.05, 3.63) is 76.4 Å². The van der Waals surface area contributed by atoms with E-state index in [9.17, 15) is 4.79 Å². The summed E-state index contributed by atoms with van der Waals surface area (Å²) in [7, 11) is 0. The second-order valence-electron chi connectivity index (χ2n) is 7.89. The van der Waals surface area contributed by atoms with E-state index in [-0.39, 0.29) is 18.2 Å². The first-order valence-corrected chi connectivity index (χ1v) is 10.7. The molecule has 3 heterocycles. The highest BCUT2D eigenvalue weighted by Gasteiger charge is 2.15. The van der Waals surface area contributed by atoms with E-state index in [0.29, 0.717) is 5.56 Å². The van der Waals surface area contributed by atoms with Crippen molar-refractivity contribution in [3.63, 3.8) is 0 Å². The fourth-order valence-corrected chi connectivity index (χ4v) is 3.97. The van der Waals surface area contributed by atoms with Crippen LogP contribution < -0.4 is 5.32 Å². The lowest BCUT2D eigenvalue weighted by molar-refractivity contribution is 0.104. The maximum Gasteiger partial charge on any atom is 0.187 e. The smallest absolute Gasteiger partial charge is 0.187 e. The molecular weight excluding hydrogens is 410 g/mol. The molecule has 1 fully saturated rings. The van der Waals surface area contributed by atoms with E-state index in [0.717, 1.165) is 67.3 Å². The number of rotatable bonds is 6. The van der Waals surface area contributed by atoms with Crippen molar-refractivity contribution in [2.75, 3.05) is 26.2 Å². The quantitative estimate of drug-likeness (QED) is 0.470. The molecule has 0 saturated carbocycles. The third-order valence-electron chi connectivity index (χ3n) is 5.62. The molecule has 3 aromatic rings. The molecular formula is C24H30ClN5O. The topological polar surface area (TPSA) is 62.5 Å². The standard InChI is InChI=1S/C24H29N5O.ClH/c1-4-22-21(24-26-17(2)15-18(3)29(24)27-22)16-19-5-7-20(8-6-19)23(30)9-12-28-13-10-25-11-14-28;/h5-9,12,15,25H,4,10-11,13-14,16H2,1-3H3;1H/b12-9+;. The van der Waals surface area contributed by atoms with Crippen molar-refractivity contribution in [1.29, 1.82) is 0 Å². The van der Waals surface area contributed by atoms with Gasteiger partial charge in [0, 0.05) is 67.4 Å². The predicted octanol–water partition coefficient (Wildman–Crippen LogP) is 3.52. The molecule has 0 spiro atoms. The molecule has 164 valence electrons. The largest absolute Gasteiger partial charge is 0.375 e. The van der Waals surface area contributed by atoms with E-state index in [2.05, 4.69) is 30.1 Å². The van der Waals surface area contributed by atoms with Gasteiger partial charge in [0.15, 0.2) is 11.4 Å². The Bertz CT molecular complexity index is 1080. The summed E-state index contributed by atoms with van der Waals surface area (Å²) in [6.45, 7) is 10.0. The minimum atomic E-state index is 0. The summed E-state index contributed by atoms with van der Waals surface area (Å²) >= 11 is 0. The lowest BCUT2D eigenvalue weighted by Gasteiger charge is -2.25. The van der Waals surface area contributed by atoms with Crippen LogP contribution in [0.5, 0.6) is 0 Å². The van der Waals surface area contributed by atoms with Crippen LogP contribution >= 0.6 is 12.4 Å². The maximum atomic E-state index is 12.5. The van der Waals surface area contributed by atoms with Gasteiger partial charge >= 0.3 is 0 Å². The third-order valence-corrected chi connectivity index (χ3v) is 5.62. The highest BCUT2D eigenvalue weighted by atomic mass is 35.5. The summed E-state index contributed by atoms with van der Waals surface area (Å²) in [6, 6.07) is 9.97. The zero-order chi connectivity index (χ0) is 21.1. The van der Waals surface area contributed by atoms with Crippen molar-refractivity contribution in [3.8, 4) is 0 Å². The first-order valence-electron chi connectivity index (χ1n) is 10.7. The molecule has 1 aliphatic heterocycles. The summed E-state index contributed by atoms with van der Waals surface area (Å²) in [5.41, 5.74) is 7.14. The van der Waals surface area contributed by atoms with Crippen LogP contribution in [0.1, 0.15) is 45.5 Å². The van der Waals surface area contributed by atoms with Gasteiger partial charge in [-0.3, -0.25) is 4.79 Å². The van der Waals surface area contributed by atoms with E-state index < -0.39 is 0 Å². The summed E-state index contributed by atoms with van der Waals surface area (Å²) in [6.07, 6.45) is 5.22. The molecule has 0 atom stereocenters. The number of halogens is 1. The number of allylic oxidation sites excluding steroid dienone is 1. The molecule has 0 unspecified atom stereocenters. The monoisotopic (exact) mass is 439 g/mol. The number of fused-ring (bicyclic) bond motifs is 1. The van der Waals surface area contributed by atoms with Crippen molar-refractivity contribution >= 4 is 23.8 Å². The molecule has 7 heteroatoms. The molecule has 31 heavy (non-hydrogen) atoms. The molecule has 1 N–H and O–H groups in total. The Balaban J connectivity index is 0.00000272. The van der Waals surface area contributed by atoms with Gasteiger partial charge in [-0.1, -0.05) is 31.2 Å². The Labute approximate surface area is 189 Å². The van der Waals surface area contributed by atoms with Crippen molar-refractivity contribution in [1.82, 2.24) is 24.8 Å². The second-order valence-corrected chi connectivity index (χ2v) is 7.89. The minimum absolute atomic E-state index is 0. The number of hydrogen-bond acceptors (Lipinski definition) is 5. The zero-order valence-corrected chi connectivity index (χ0v) is 19.2. The Kier molecular flexibility index (Phi) is 7.46. The van der Waals surface area contributed by atoms with E-state index in [1.165, 1.54) is 5.56 Å². The Morgan fingerprint density at radius 3 is 2.55 bits per heavy atom. The molecule has 0 aliphatic carbocycles. The predicted molar refractivity (Wildman–Crippen MR) is 126 cm³/mol. The van der Waals surface area contributed by atoms with Crippen LogP contribution in [0.25, 0.3) is 5.65 Å². The van der Waals surface area contributed by atoms with Crippen LogP contribution in [0, 0.1) is 13.8 Å².